The molecule has 0 saturated heterocycles. The second-order valence-corrected chi connectivity index (χ2v) is 5.50. The average molecular weight is 200 g/mol. The van der Waals surface area contributed by atoms with Gasteiger partial charge in [0.15, 0.2) is 0 Å². The Morgan fingerprint density at radius 3 is 2.27 bits per heavy atom. The first-order valence-electron chi connectivity index (χ1n) is 6.45. The van der Waals surface area contributed by atoms with E-state index in [9.17, 15) is 0 Å². The van der Waals surface area contributed by atoms with Crippen LogP contribution in [0.15, 0.2) is 30.3 Å². The van der Waals surface area contributed by atoms with E-state index in [-0.39, 0.29) is 0 Å². The average Bonchev–Trinajstić information content (AvgIpc) is 2.30. The zero-order valence-electron chi connectivity index (χ0n) is 9.41. The quantitative estimate of drug-likeness (QED) is 0.634. The van der Waals surface area contributed by atoms with E-state index < -0.39 is 0 Å². The molecule has 0 amide bonds. The highest BCUT2D eigenvalue weighted by Gasteiger charge is 2.39. The van der Waals surface area contributed by atoms with Crippen LogP contribution in [-0.4, -0.2) is 0 Å². The van der Waals surface area contributed by atoms with Crippen LogP contribution in [0.2, 0.25) is 0 Å². The van der Waals surface area contributed by atoms with Gasteiger partial charge in [-0.25, -0.2) is 0 Å². The van der Waals surface area contributed by atoms with Gasteiger partial charge in [0.1, 0.15) is 0 Å². The molecule has 2 aliphatic carbocycles. The third-order valence-electron chi connectivity index (χ3n) is 4.60. The molecule has 0 radical (unpaired) electrons. The van der Waals surface area contributed by atoms with E-state index >= 15 is 0 Å². The first kappa shape index (κ1) is 9.45. The van der Waals surface area contributed by atoms with Crippen LogP contribution in [-0.2, 0) is 5.41 Å². The summed E-state index contributed by atoms with van der Waals surface area (Å²) in [6.07, 6.45) is 10.3. The molecule has 0 heteroatoms. The molecule has 0 unspecified atom stereocenters. The van der Waals surface area contributed by atoms with Gasteiger partial charge in [0.2, 0.25) is 0 Å². The SMILES string of the molecule is c1ccc(C23CCCC(CCC2)C3)cc1. The molecule has 2 saturated carbocycles. The van der Waals surface area contributed by atoms with Crippen LogP contribution >= 0.6 is 0 Å². The van der Waals surface area contributed by atoms with Crippen LogP contribution in [0.5, 0.6) is 0 Å². The molecule has 1 aromatic rings. The van der Waals surface area contributed by atoms with Crippen molar-refractivity contribution in [2.75, 3.05) is 0 Å². The van der Waals surface area contributed by atoms with Crippen molar-refractivity contribution in [2.45, 2.75) is 50.4 Å². The molecule has 80 valence electrons. The van der Waals surface area contributed by atoms with Gasteiger partial charge in [-0.05, 0) is 36.2 Å². The lowest BCUT2D eigenvalue weighted by Crippen LogP contribution is -2.36. The van der Waals surface area contributed by atoms with Crippen LogP contribution < -0.4 is 0 Å². The molecular weight excluding hydrogens is 180 g/mol. The molecule has 15 heavy (non-hydrogen) atoms. The Kier molecular flexibility index (Phi) is 2.31. The zero-order chi connectivity index (χ0) is 10.1. The number of fused-ring (bicyclic) bond motifs is 2. The summed E-state index contributed by atoms with van der Waals surface area (Å²) in [5.74, 6) is 1.03. The van der Waals surface area contributed by atoms with Crippen LogP contribution in [0.4, 0.5) is 0 Å². The number of rotatable bonds is 1. The molecule has 0 aliphatic heterocycles. The minimum absolute atomic E-state index is 0.572. The first-order chi connectivity index (χ1) is 7.39. The Labute approximate surface area is 92.7 Å². The van der Waals surface area contributed by atoms with Crippen LogP contribution in [0.3, 0.4) is 0 Å². The Morgan fingerprint density at radius 1 is 0.933 bits per heavy atom. The van der Waals surface area contributed by atoms with Gasteiger partial charge < -0.3 is 0 Å². The maximum Gasteiger partial charge on any atom is -0.00443 e. The molecule has 0 N–H and O–H groups in total. The van der Waals surface area contributed by atoms with Crippen molar-refractivity contribution in [2.24, 2.45) is 5.92 Å². The molecule has 0 aromatic heterocycles. The van der Waals surface area contributed by atoms with Gasteiger partial charge in [-0.1, -0.05) is 56.0 Å². The highest BCUT2D eigenvalue weighted by molar-refractivity contribution is 5.26. The fourth-order valence-electron chi connectivity index (χ4n) is 3.89. The Balaban J connectivity index is 1.95. The summed E-state index contributed by atoms with van der Waals surface area (Å²) in [4.78, 5) is 0. The molecule has 2 bridgehead atoms. The third-order valence-corrected chi connectivity index (χ3v) is 4.60. The van der Waals surface area contributed by atoms with Crippen molar-refractivity contribution >= 4 is 0 Å². The summed E-state index contributed by atoms with van der Waals surface area (Å²) in [5.41, 5.74) is 2.19. The van der Waals surface area contributed by atoms with E-state index in [4.69, 9.17) is 0 Å². The van der Waals surface area contributed by atoms with Gasteiger partial charge in [0, 0.05) is 0 Å². The predicted molar refractivity (Wildman–Crippen MR) is 63.9 cm³/mol. The lowest BCUT2D eigenvalue weighted by atomic mass is 9.59. The van der Waals surface area contributed by atoms with Gasteiger partial charge in [0.25, 0.3) is 0 Å². The maximum absolute atomic E-state index is 2.35. The molecule has 0 nitrogen and oxygen atoms in total. The van der Waals surface area contributed by atoms with Gasteiger partial charge in [-0.15, -0.1) is 0 Å². The molecule has 0 spiro atoms. The van der Waals surface area contributed by atoms with Crippen molar-refractivity contribution in [1.29, 1.82) is 0 Å². The second-order valence-electron chi connectivity index (χ2n) is 5.50. The number of hydrogen-bond acceptors (Lipinski definition) is 0. The topological polar surface area (TPSA) is 0 Å². The summed E-state index contributed by atoms with van der Waals surface area (Å²) in [6.45, 7) is 0. The Morgan fingerprint density at radius 2 is 1.60 bits per heavy atom. The fraction of sp³-hybridized carbons (Fsp3) is 0.600. The van der Waals surface area contributed by atoms with Gasteiger partial charge in [-0.2, -0.15) is 0 Å². The smallest absolute Gasteiger partial charge is 0.00443 e. The minimum Gasteiger partial charge on any atom is -0.0622 e. The van der Waals surface area contributed by atoms with Gasteiger partial charge in [-0.3, -0.25) is 0 Å². The summed E-state index contributed by atoms with van der Waals surface area (Å²) >= 11 is 0. The standard InChI is InChI=1S/C15H20/c1-2-8-14(9-3-1)15-10-4-6-13(12-15)7-5-11-15/h1-3,8-9,13H,4-7,10-12H2. The van der Waals surface area contributed by atoms with Gasteiger partial charge >= 0.3 is 0 Å². The van der Waals surface area contributed by atoms with Crippen molar-refractivity contribution in [3.8, 4) is 0 Å². The number of hydrogen-bond donors (Lipinski definition) is 0. The molecule has 0 heterocycles. The van der Waals surface area contributed by atoms with E-state index in [1.54, 1.807) is 5.56 Å². The Hall–Kier alpha value is -0.780. The lowest BCUT2D eigenvalue weighted by molar-refractivity contribution is 0.149. The monoisotopic (exact) mass is 200 g/mol. The summed E-state index contributed by atoms with van der Waals surface area (Å²) in [6, 6.07) is 11.3. The van der Waals surface area contributed by atoms with Crippen molar-refractivity contribution in [1.82, 2.24) is 0 Å². The second kappa shape index (κ2) is 3.66. The summed E-state index contributed by atoms with van der Waals surface area (Å²) in [7, 11) is 0. The van der Waals surface area contributed by atoms with E-state index in [1.165, 1.54) is 44.9 Å². The van der Waals surface area contributed by atoms with Crippen LogP contribution in [0.25, 0.3) is 0 Å². The molecular formula is C15H20. The number of benzene rings is 1. The maximum atomic E-state index is 2.35. The van der Waals surface area contributed by atoms with E-state index in [2.05, 4.69) is 30.3 Å². The van der Waals surface area contributed by atoms with E-state index in [0.29, 0.717) is 5.41 Å². The van der Waals surface area contributed by atoms with Crippen molar-refractivity contribution in [3.63, 3.8) is 0 Å². The zero-order valence-corrected chi connectivity index (χ0v) is 9.41. The highest BCUT2D eigenvalue weighted by atomic mass is 14.4. The normalized spacial score (nSPS) is 35.1. The largest absolute Gasteiger partial charge is 0.0622 e. The third kappa shape index (κ3) is 1.60. The molecule has 2 aliphatic rings. The van der Waals surface area contributed by atoms with Crippen LogP contribution in [0, 0.1) is 5.92 Å². The Bertz CT molecular complexity index is 315. The highest BCUT2D eigenvalue weighted by Crippen LogP contribution is 2.50. The van der Waals surface area contributed by atoms with Crippen molar-refractivity contribution < 1.29 is 0 Å². The summed E-state index contributed by atoms with van der Waals surface area (Å²) in [5, 5.41) is 0. The fourth-order valence-corrected chi connectivity index (χ4v) is 3.89. The molecule has 1 aromatic carbocycles. The minimum atomic E-state index is 0.572. The first-order valence-corrected chi connectivity index (χ1v) is 6.45. The predicted octanol–water partition coefficient (Wildman–Crippen LogP) is 4.30. The summed E-state index contributed by atoms with van der Waals surface area (Å²) < 4.78 is 0. The van der Waals surface area contributed by atoms with E-state index in [0.717, 1.165) is 5.92 Å². The van der Waals surface area contributed by atoms with Crippen LogP contribution in [0.1, 0.15) is 50.5 Å². The lowest BCUT2D eigenvalue weighted by Gasteiger charge is -2.45. The molecule has 2 fully saturated rings. The molecule has 3 rings (SSSR count). The van der Waals surface area contributed by atoms with Crippen molar-refractivity contribution in [3.05, 3.63) is 35.9 Å². The van der Waals surface area contributed by atoms with Gasteiger partial charge in [0.05, 0.1) is 0 Å². The van der Waals surface area contributed by atoms with E-state index in [1.807, 2.05) is 0 Å². The molecule has 0 atom stereocenters.